The molecule has 0 fully saturated rings. The molecule has 0 radical (unpaired) electrons. The quantitative estimate of drug-likeness (QED) is 0.689. The second-order valence-electron chi connectivity index (χ2n) is 4.59. The highest BCUT2D eigenvalue weighted by atomic mass is 16.5. The number of hydrogen-bond donors (Lipinski definition) is 3. The van der Waals surface area contributed by atoms with E-state index >= 15 is 0 Å². The Morgan fingerprint density at radius 1 is 0.952 bits per heavy atom. The number of Topliss-reactive ketones (excluding diaryl/α,β-unsaturated/α-hetero) is 2. The molecule has 3 rings (SSSR count). The van der Waals surface area contributed by atoms with E-state index in [4.69, 9.17) is 4.74 Å². The van der Waals surface area contributed by atoms with Crippen LogP contribution in [0.25, 0.3) is 0 Å². The summed E-state index contributed by atoms with van der Waals surface area (Å²) in [5.74, 6) is -2.95. The molecule has 0 unspecified atom stereocenters. The van der Waals surface area contributed by atoms with E-state index in [9.17, 15) is 24.9 Å². The maximum atomic E-state index is 12.1. The molecule has 1 aliphatic rings. The van der Waals surface area contributed by atoms with E-state index in [-0.39, 0.29) is 28.4 Å². The lowest BCUT2D eigenvalue weighted by Gasteiger charge is -2.25. The van der Waals surface area contributed by atoms with Gasteiger partial charge in [0.05, 0.1) is 0 Å². The van der Waals surface area contributed by atoms with Crippen LogP contribution in [0.3, 0.4) is 0 Å². The van der Waals surface area contributed by atoms with E-state index in [1.807, 2.05) is 0 Å². The van der Waals surface area contributed by atoms with E-state index in [0.29, 0.717) is 0 Å². The molecule has 1 heterocycles. The molecule has 0 spiro atoms. The summed E-state index contributed by atoms with van der Waals surface area (Å²) >= 11 is 0. The van der Waals surface area contributed by atoms with Crippen molar-refractivity contribution in [2.24, 2.45) is 0 Å². The van der Waals surface area contributed by atoms with Gasteiger partial charge in [0, 0.05) is 17.7 Å². The van der Waals surface area contributed by atoms with Gasteiger partial charge in [-0.05, 0) is 6.07 Å². The first-order valence-corrected chi connectivity index (χ1v) is 6.08. The molecule has 6 nitrogen and oxygen atoms in total. The second-order valence-corrected chi connectivity index (χ2v) is 4.59. The second kappa shape index (κ2) is 4.52. The highest BCUT2D eigenvalue weighted by Crippen LogP contribution is 2.41. The zero-order chi connectivity index (χ0) is 15.1. The molecule has 1 aliphatic heterocycles. The Labute approximate surface area is 118 Å². The van der Waals surface area contributed by atoms with Crippen LogP contribution in [0.5, 0.6) is 23.0 Å². The molecule has 106 valence electrons. The molecule has 21 heavy (non-hydrogen) atoms. The minimum Gasteiger partial charge on any atom is -0.508 e. The van der Waals surface area contributed by atoms with Gasteiger partial charge in [-0.1, -0.05) is 18.2 Å². The summed E-state index contributed by atoms with van der Waals surface area (Å²) in [6.45, 7) is 0. The van der Waals surface area contributed by atoms with Crippen molar-refractivity contribution in [3.8, 4) is 23.0 Å². The van der Waals surface area contributed by atoms with Gasteiger partial charge >= 0.3 is 0 Å². The van der Waals surface area contributed by atoms with Crippen LogP contribution in [-0.4, -0.2) is 26.9 Å². The standard InChI is InChI=1S/C15H10O6/c16-7-5-10(18)12-11(6-7)21-15(14(20)13(12)19)8-3-1-2-4-9(8)17/h1-6,15-18H/t15-/m0/s1. The maximum Gasteiger partial charge on any atom is 0.248 e. The number of carbonyl (C=O) groups excluding carboxylic acids is 2. The van der Waals surface area contributed by atoms with Crippen molar-refractivity contribution in [3.63, 3.8) is 0 Å². The van der Waals surface area contributed by atoms with Crippen LogP contribution in [0, 0.1) is 0 Å². The Morgan fingerprint density at radius 3 is 2.38 bits per heavy atom. The lowest BCUT2D eigenvalue weighted by molar-refractivity contribution is -0.122. The normalized spacial score (nSPS) is 17.2. The molecular weight excluding hydrogens is 276 g/mol. The molecule has 1 atom stereocenters. The summed E-state index contributed by atoms with van der Waals surface area (Å²) in [4.78, 5) is 24.2. The SMILES string of the molecule is O=C1C(=O)[C@H](c2ccccc2O)Oc2cc(O)cc(O)c21. The highest BCUT2D eigenvalue weighted by Gasteiger charge is 2.39. The topological polar surface area (TPSA) is 104 Å². The van der Waals surface area contributed by atoms with Crippen LogP contribution >= 0.6 is 0 Å². The zero-order valence-electron chi connectivity index (χ0n) is 10.6. The average Bonchev–Trinajstić information content (AvgIpc) is 2.43. The average molecular weight is 286 g/mol. The molecule has 2 aromatic carbocycles. The maximum absolute atomic E-state index is 12.1. The van der Waals surface area contributed by atoms with E-state index < -0.39 is 23.4 Å². The molecule has 0 saturated carbocycles. The minimum absolute atomic E-state index is 0.106. The van der Waals surface area contributed by atoms with Gasteiger partial charge < -0.3 is 20.1 Å². The lowest BCUT2D eigenvalue weighted by atomic mass is 9.94. The van der Waals surface area contributed by atoms with Crippen LogP contribution in [0.1, 0.15) is 22.0 Å². The molecule has 6 heteroatoms. The van der Waals surface area contributed by atoms with Gasteiger partial charge in [0.25, 0.3) is 0 Å². The number of para-hydroxylation sites is 1. The molecule has 0 amide bonds. The van der Waals surface area contributed by atoms with Crippen molar-refractivity contribution < 1.29 is 29.6 Å². The molecular formula is C15H10O6. The van der Waals surface area contributed by atoms with Gasteiger partial charge in [0.2, 0.25) is 11.6 Å². The fraction of sp³-hybridized carbons (Fsp3) is 0.0667. The summed E-state index contributed by atoms with van der Waals surface area (Å²) in [6.07, 6.45) is -1.31. The van der Waals surface area contributed by atoms with Gasteiger partial charge in [-0.3, -0.25) is 9.59 Å². The summed E-state index contributed by atoms with van der Waals surface area (Å²) < 4.78 is 5.39. The van der Waals surface area contributed by atoms with E-state index in [2.05, 4.69) is 0 Å². The van der Waals surface area contributed by atoms with Gasteiger partial charge in [-0.2, -0.15) is 0 Å². The summed E-state index contributed by atoms with van der Waals surface area (Å²) in [5, 5.41) is 28.9. The summed E-state index contributed by atoms with van der Waals surface area (Å²) in [7, 11) is 0. The molecule has 2 aromatic rings. The van der Waals surface area contributed by atoms with Crippen molar-refractivity contribution >= 4 is 11.6 Å². The van der Waals surface area contributed by atoms with Crippen molar-refractivity contribution in [2.75, 3.05) is 0 Å². The number of benzene rings is 2. The third-order valence-corrected chi connectivity index (χ3v) is 3.22. The van der Waals surface area contributed by atoms with Gasteiger partial charge in [-0.25, -0.2) is 0 Å². The van der Waals surface area contributed by atoms with Crippen LogP contribution in [0.4, 0.5) is 0 Å². The number of phenols is 3. The number of fused-ring (bicyclic) bond motifs is 1. The molecule has 0 saturated heterocycles. The van der Waals surface area contributed by atoms with Gasteiger partial charge in [-0.15, -0.1) is 0 Å². The predicted octanol–water partition coefficient (Wildman–Crippen LogP) is 1.69. The fourth-order valence-electron chi connectivity index (χ4n) is 2.24. The monoisotopic (exact) mass is 286 g/mol. The number of aromatic hydroxyl groups is 3. The molecule has 3 N–H and O–H groups in total. The minimum atomic E-state index is -1.31. The largest absolute Gasteiger partial charge is 0.508 e. The van der Waals surface area contributed by atoms with Crippen LogP contribution in [0.15, 0.2) is 36.4 Å². The van der Waals surface area contributed by atoms with Crippen molar-refractivity contribution in [2.45, 2.75) is 6.10 Å². The van der Waals surface area contributed by atoms with E-state index in [1.165, 1.54) is 12.1 Å². The lowest BCUT2D eigenvalue weighted by Crippen LogP contribution is -2.31. The Morgan fingerprint density at radius 2 is 1.67 bits per heavy atom. The number of carbonyl (C=O) groups is 2. The third-order valence-electron chi connectivity index (χ3n) is 3.22. The number of hydrogen-bond acceptors (Lipinski definition) is 6. The summed E-state index contributed by atoms with van der Waals surface area (Å²) in [5.41, 5.74) is -0.145. The number of rotatable bonds is 1. The number of ketones is 2. The van der Waals surface area contributed by atoms with Crippen molar-refractivity contribution in [1.29, 1.82) is 0 Å². The first-order valence-electron chi connectivity index (χ1n) is 6.08. The first-order chi connectivity index (χ1) is 9.99. The smallest absolute Gasteiger partial charge is 0.248 e. The van der Waals surface area contributed by atoms with Crippen LogP contribution < -0.4 is 4.74 Å². The third kappa shape index (κ3) is 1.97. The van der Waals surface area contributed by atoms with E-state index in [1.54, 1.807) is 12.1 Å². The Bertz CT molecular complexity index is 765. The fourth-order valence-corrected chi connectivity index (χ4v) is 2.24. The molecule has 0 aliphatic carbocycles. The van der Waals surface area contributed by atoms with Crippen molar-refractivity contribution in [3.05, 3.63) is 47.5 Å². The Kier molecular flexibility index (Phi) is 2.79. The number of ether oxygens (including phenoxy) is 1. The zero-order valence-corrected chi connectivity index (χ0v) is 10.6. The molecule has 0 bridgehead atoms. The highest BCUT2D eigenvalue weighted by molar-refractivity contribution is 6.47. The number of phenolic OH excluding ortho intramolecular Hbond substituents is 3. The molecule has 0 aromatic heterocycles. The van der Waals surface area contributed by atoms with Gasteiger partial charge in [0.1, 0.15) is 28.6 Å². The predicted molar refractivity (Wildman–Crippen MR) is 70.6 cm³/mol. The van der Waals surface area contributed by atoms with Crippen LogP contribution in [-0.2, 0) is 4.79 Å². The van der Waals surface area contributed by atoms with Gasteiger partial charge in [0.15, 0.2) is 6.10 Å². The summed E-state index contributed by atoms with van der Waals surface area (Å²) in [6, 6.07) is 8.07. The van der Waals surface area contributed by atoms with Crippen molar-refractivity contribution in [1.82, 2.24) is 0 Å². The Hall–Kier alpha value is -3.02. The van der Waals surface area contributed by atoms with E-state index in [0.717, 1.165) is 12.1 Å². The first kappa shape index (κ1) is 13.0. The Balaban J connectivity index is 2.14. The van der Waals surface area contributed by atoms with Crippen LogP contribution in [0.2, 0.25) is 0 Å².